The molecule has 0 spiro atoms. The van der Waals surface area contributed by atoms with E-state index in [0.717, 1.165) is 6.54 Å². The van der Waals surface area contributed by atoms with Gasteiger partial charge in [-0.1, -0.05) is 25.7 Å². The van der Waals surface area contributed by atoms with Crippen molar-refractivity contribution in [2.75, 3.05) is 13.1 Å². The van der Waals surface area contributed by atoms with Crippen LogP contribution in [0.3, 0.4) is 0 Å². The molecule has 0 bridgehead atoms. The number of amides is 1. The van der Waals surface area contributed by atoms with Gasteiger partial charge in [0.1, 0.15) is 0 Å². The minimum absolute atomic E-state index is 0.311. The highest BCUT2D eigenvalue weighted by Gasteiger charge is 2.23. The summed E-state index contributed by atoms with van der Waals surface area (Å²) in [7, 11) is 0. The number of carbonyl (C=O) groups is 1. The predicted octanol–water partition coefficient (Wildman–Crippen LogP) is 2.31. The highest BCUT2D eigenvalue weighted by atomic mass is 16.2. The summed E-state index contributed by atoms with van der Waals surface area (Å²) in [6.45, 7) is 3.71. The van der Waals surface area contributed by atoms with Gasteiger partial charge in [0.15, 0.2) is 0 Å². The molecule has 1 N–H and O–H groups in total. The Morgan fingerprint density at radius 3 is 2.59 bits per heavy atom. The van der Waals surface area contributed by atoms with Crippen molar-refractivity contribution < 1.29 is 4.79 Å². The van der Waals surface area contributed by atoms with Gasteiger partial charge in [-0.15, -0.1) is 0 Å². The van der Waals surface area contributed by atoms with Crippen LogP contribution >= 0.6 is 0 Å². The summed E-state index contributed by atoms with van der Waals surface area (Å²) >= 11 is 0. The van der Waals surface area contributed by atoms with Gasteiger partial charge in [0.2, 0.25) is 5.91 Å². The fourth-order valence-electron chi connectivity index (χ4n) is 3.11. The first-order valence-electron chi connectivity index (χ1n) is 7.30. The van der Waals surface area contributed by atoms with Crippen molar-refractivity contribution in [3.63, 3.8) is 0 Å². The van der Waals surface area contributed by atoms with Crippen molar-refractivity contribution in [1.82, 2.24) is 10.2 Å². The van der Waals surface area contributed by atoms with Crippen molar-refractivity contribution in [2.45, 2.75) is 70.4 Å². The molecule has 2 fully saturated rings. The molecule has 2 rings (SSSR count). The van der Waals surface area contributed by atoms with Gasteiger partial charge in [-0.05, 0) is 32.6 Å². The number of likely N-dealkylation sites (tertiary alicyclic amines) is 1. The lowest BCUT2D eigenvalue weighted by Gasteiger charge is -2.28. The van der Waals surface area contributed by atoms with Gasteiger partial charge in [-0.25, -0.2) is 0 Å². The average Bonchev–Trinajstić information content (AvgIpc) is 2.75. The highest BCUT2D eigenvalue weighted by molar-refractivity contribution is 5.78. The third-order valence-electron chi connectivity index (χ3n) is 4.27. The summed E-state index contributed by atoms with van der Waals surface area (Å²) in [5, 5.41) is 3.43. The minimum Gasteiger partial charge on any atom is -0.339 e. The molecule has 1 atom stereocenters. The van der Waals surface area contributed by atoms with Crippen LogP contribution in [0.25, 0.3) is 0 Å². The zero-order chi connectivity index (χ0) is 12.1. The van der Waals surface area contributed by atoms with Crippen molar-refractivity contribution in [1.29, 1.82) is 0 Å². The molecular formula is C14H26N2O. The summed E-state index contributed by atoms with van der Waals surface area (Å²) in [6, 6.07) is 1.04. The smallest absolute Gasteiger partial charge is 0.236 e. The second-order valence-electron chi connectivity index (χ2n) is 5.65. The maximum atomic E-state index is 12.2. The van der Waals surface area contributed by atoms with E-state index in [2.05, 4.69) is 17.1 Å². The molecule has 0 radical (unpaired) electrons. The minimum atomic E-state index is 0.311. The largest absolute Gasteiger partial charge is 0.339 e. The van der Waals surface area contributed by atoms with E-state index in [9.17, 15) is 4.79 Å². The first-order valence-corrected chi connectivity index (χ1v) is 7.30. The molecule has 1 saturated carbocycles. The predicted molar refractivity (Wildman–Crippen MR) is 69.9 cm³/mol. The monoisotopic (exact) mass is 238 g/mol. The average molecular weight is 238 g/mol. The van der Waals surface area contributed by atoms with Crippen LogP contribution in [0.1, 0.15) is 58.3 Å². The van der Waals surface area contributed by atoms with E-state index < -0.39 is 0 Å². The standard InChI is InChI=1S/C14H26N2O/c1-12-7-3-2-6-10-16(12)14(17)11-15-13-8-4-5-9-13/h12-13,15H,2-11H2,1H3. The Kier molecular flexibility index (Phi) is 4.84. The Balaban J connectivity index is 1.76. The first kappa shape index (κ1) is 12.9. The molecule has 3 heteroatoms. The van der Waals surface area contributed by atoms with Gasteiger partial charge in [-0.3, -0.25) is 4.79 Å². The second-order valence-corrected chi connectivity index (χ2v) is 5.65. The topological polar surface area (TPSA) is 32.3 Å². The second kappa shape index (κ2) is 6.39. The van der Waals surface area contributed by atoms with Gasteiger partial charge in [0, 0.05) is 18.6 Å². The lowest BCUT2D eigenvalue weighted by Crippen LogP contribution is -2.44. The van der Waals surface area contributed by atoms with Crippen LogP contribution in [0.2, 0.25) is 0 Å². The quantitative estimate of drug-likeness (QED) is 0.818. The summed E-state index contributed by atoms with van der Waals surface area (Å²) < 4.78 is 0. The third-order valence-corrected chi connectivity index (χ3v) is 4.27. The number of nitrogens with zero attached hydrogens (tertiary/aromatic N) is 1. The Hall–Kier alpha value is -0.570. The zero-order valence-electron chi connectivity index (χ0n) is 11.1. The molecule has 1 aliphatic heterocycles. The molecular weight excluding hydrogens is 212 g/mol. The Morgan fingerprint density at radius 1 is 1.12 bits per heavy atom. The summed E-state index contributed by atoms with van der Waals surface area (Å²) in [5.41, 5.74) is 0. The maximum Gasteiger partial charge on any atom is 0.236 e. The zero-order valence-corrected chi connectivity index (χ0v) is 11.1. The lowest BCUT2D eigenvalue weighted by atomic mass is 10.1. The molecule has 1 amide bonds. The Labute approximate surface area is 105 Å². The SMILES string of the molecule is CC1CCCCCN1C(=O)CNC1CCCC1. The van der Waals surface area contributed by atoms with Gasteiger partial charge >= 0.3 is 0 Å². The van der Waals surface area contributed by atoms with Crippen LogP contribution in [0, 0.1) is 0 Å². The summed E-state index contributed by atoms with van der Waals surface area (Å²) in [6.07, 6.45) is 10.1. The van der Waals surface area contributed by atoms with E-state index in [0.29, 0.717) is 24.5 Å². The number of rotatable bonds is 3. The van der Waals surface area contributed by atoms with Crippen LogP contribution in [0.15, 0.2) is 0 Å². The van der Waals surface area contributed by atoms with Gasteiger partial charge < -0.3 is 10.2 Å². The Morgan fingerprint density at radius 2 is 1.82 bits per heavy atom. The molecule has 1 unspecified atom stereocenters. The van der Waals surface area contributed by atoms with Crippen LogP contribution in [-0.2, 0) is 4.79 Å². The van der Waals surface area contributed by atoms with Crippen molar-refractivity contribution in [2.24, 2.45) is 0 Å². The van der Waals surface area contributed by atoms with Gasteiger partial charge in [0.05, 0.1) is 6.54 Å². The molecule has 17 heavy (non-hydrogen) atoms. The van der Waals surface area contributed by atoms with Gasteiger partial charge in [-0.2, -0.15) is 0 Å². The highest BCUT2D eigenvalue weighted by Crippen LogP contribution is 2.18. The lowest BCUT2D eigenvalue weighted by molar-refractivity contribution is -0.132. The number of hydrogen-bond donors (Lipinski definition) is 1. The molecule has 1 heterocycles. The third kappa shape index (κ3) is 3.70. The van der Waals surface area contributed by atoms with Crippen molar-refractivity contribution >= 4 is 5.91 Å². The maximum absolute atomic E-state index is 12.2. The molecule has 0 aromatic heterocycles. The molecule has 2 aliphatic rings. The van der Waals surface area contributed by atoms with E-state index in [4.69, 9.17) is 0 Å². The normalized spacial score (nSPS) is 27.1. The van der Waals surface area contributed by atoms with Crippen molar-refractivity contribution in [3.05, 3.63) is 0 Å². The van der Waals surface area contributed by atoms with Crippen LogP contribution in [-0.4, -0.2) is 36.0 Å². The van der Waals surface area contributed by atoms with Crippen LogP contribution < -0.4 is 5.32 Å². The number of nitrogens with one attached hydrogen (secondary N) is 1. The summed E-state index contributed by atoms with van der Waals surface area (Å²) in [4.78, 5) is 14.3. The molecule has 3 nitrogen and oxygen atoms in total. The van der Waals surface area contributed by atoms with E-state index >= 15 is 0 Å². The van der Waals surface area contributed by atoms with Crippen LogP contribution in [0.5, 0.6) is 0 Å². The molecule has 0 aromatic carbocycles. The van der Waals surface area contributed by atoms with E-state index in [1.54, 1.807) is 0 Å². The van der Waals surface area contributed by atoms with E-state index in [1.165, 1.54) is 51.4 Å². The van der Waals surface area contributed by atoms with Gasteiger partial charge in [0.25, 0.3) is 0 Å². The van der Waals surface area contributed by atoms with Crippen LogP contribution in [0.4, 0.5) is 0 Å². The molecule has 98 valence electrons. The molecule has 0 aromatic rings. The van der Waals surface area contributed by atoms with Crippen molar-refractivity contribution in [3.8, 4) is 0 Å². The van der Waals surface area contributed by atoms with E-state index in [-0.39, 0.29) is 0 Å². The fourth-order valence-corrected chi connectivity index (χ4v) is 3.11. The van der Waals surface area contributed by atoms with E-state index in [1.807, 2.05) is 0 Å². The molecule has 1 aliphatic carbocycles. The molecule has 1 saturated heterocycles. The number of hydrogen-bond acceptors (Lipinski definition) is 2. The summed E-state index contributed by atoms with van der Waals surface area (Å²) in [5.74, 6) is 0.311. The number of carbonyl (C=O) groups excluding carboxylic acids is 1. The Bertz CT molecular complexity index is 249. The fraction of sp³-hybridized carbons (Fsp3) is 0.929. The first-order chi connectivity index (χ1) is 8.27.